The molecule has 0 heterocycles. The van der Waals surface area contributed by atoms with Crippen LogP contribution in [0.3, 0.4) is 0 Å². The van der Waals surface area contributed by atoms with Crippen molar-refractivity contribution in [3.63, 3.8) is 0 Å². The van der Waals surface area contributed by atoms with Gasteiger partial charge in [-0.3, -0.25) is 9.59 Å². The van der Waals surface area contributed by atoms with Crippen molar-refractivity contribution in [2.24, 2.45) is 0 Å². The molecular formula is C21H26O5. The summed E-state index contributed by atoms with van der Waals surface area (Å²) < 4.78 is 10.6. The molecule has 1 aliphatic carbocycles. The van der Waals surface area contributed by atoms with Crippen LogP contribution >= 0.6 is 0 Å². The van der Waals surface area contributed by atoms with Gasteiger partial charge in [0.15, 0.2) is 11.5 Å². The number of methoxy groups -OCH3 is 1. The minimum Gasteiger partial charge on any atom is -0.492 e. The number of ketones is 2. The first-order valence-corrected chi connectivity index (χ1v) is 8.36. The van der Waals surface area contributed by atoms with Gasteiger partial charge in [0.25, 0.3) is 0 Å². The molecule has 0 aromatic carbocycles. The van der Waals surface area contributed by atoms with Gasteiger partial charge in [0.1, 0.15) is 6.10 Å². The summed E-state index contributed by atoms with van der Waals surface area (Å²) in [5.41, 5.74) is 2.12. The summed E-state index contributed by atoms with van der Waals surface area (Å²) in [7, 11) is 1.34. The normalized spacial score (nSPS) is 16.1. The molecule has 0 unspecified atom stereocenters. The third kappa shape index (κ3) is 4.91. The summed E-state index contributed by atoms with van der Waals surface area (Å²) in [6, 6.07) is 0. The lowest BCUT2D eigenvalue weighted by molar-refractivity contribution is -0.142. The summed E-state index contributed by atoms with van der Waals surface area (Å²) in [6.45, 7) is 12.7. The Balaban J connectivity index is 3.21. The van der Waals surface area contributed by atoms with Gasteiger partial charge in [-0.15, -0.1) is 0 Å². The molecule has 1 atom stereocenters. The number of rotatable bonds is 7. The number of hydrogen-bond acceptors (Lipinski definition) is 5. The van der Waals surface area contributed by atoms with E-state index in [1.165, 1.54) is 20.1 Å². The van der Waals surface area contributed by atoms with Crippen LogP contribution in [0.4, 0.5) is 0 Å². The fraction of sp³-hybridized carbons (Fsp3) is 0.381. The summed E-state index contributed by atoms with van der Waals surface area (Å²) in [4.78, 5) is 37.0. The molecule has 0 aromatic heterocycles. The van der Waals surface area contributed by atoms with Crippen molar-refractivity contribution in [3.05, 3.63) is 58.4 Å². The van der Waals surface area contributed by atoms with Crippen LogP contribution in [0.15, 0.2) is 58.4 Å². The molecule has 0 bridgehead atoms. The van der Waals surface area contributed by atoms with E-state index in [-0.39, 0.29) is 28.3 Å². The zero-order valence-corrected chi connectivity index (χ0v) is 16.3. The Kier molecular flexibility index (Phi) is 7.50. The fourth-order valence-corrected chi connectivity index (χ4v) is 2.31. The summed E-state index contributed by atoms with van der Waals surface area (Å²) in [5, 5.41) is 0. The maximum Gasteiger partial charge on any atom is 0.333 e. The van der Waals surface area contributed by atoms with Crippen molar-refractivity contribution in [1.82, 2.24) is 0 Å². The van der Waals surface area contributed by atoms with Gasteiger partial charge in [-0.1, -0.05) is 24.3 Å². The highest BCUT2D eigenvalue weighted by Crippen LogP contribution is 2.28. The van der Waals surface area contributed by atoms with Crippen molar-refractivity contribution >= 4 is 17.5 Å². The van der Waals surface area contributed by atoms with Crippen molar-refractivity contribution in [2.75, 3.05) is 7.11 Å². The molecule has 26 heavy (non-hydrogen) atoms. The molecule has 1 rings (SSSR count). The highest BCUT2D eigenvalue weighted by atomic mass is 16.5. The molecule has 0 saturated heterocycles. The van der Waals surface area contributed by atoms with Crippen LogP contribution in [0.5, 0.6) is 0 Å². The number of carbonyl (C=O) groups excluding carboxylic acids is 3. The molecule has 0 aromatic rings. The highest BCUT2D eigenvalue weighted by Gasteiger charge is 2.32. The van der Waals surface area contributed by atoms with Crippen LogP contribution < -0.4 is 0 Å². The van der Waals surface area contributed by atoms with E-state index in [1.807, 2.05) is 19.9 Å². The quantitative estimate of drug-likeness (QED) is 0.300. The van der Waals surface area contributed by atoms with Crippen LogP contribution in [0.2, 0.25) is 0 Å². The van der Waals surface area contributed by atoms with Gasteiger partial charge >= 0.3 is 5.97 Å². The molecule has 140 valence electrons. The molecule has 0 N–H and O–H groups in total. The molecule has 5 nitrogen and oxygen atoms in total. The standard InChI is InChI=1S/C21H26O5/c1-8-13(4)21(24)26-18(10-9-12(2)3)14(5)16-11-17(22)15(6)20(25-7)19(16)23/h8-9,11,18H,5,10H2,1-4,6-7H3/b13-8-/t18-/m1/s1. The van der Waals surface area contributed by atoms with E-state index >= 15 is 0 Å². The Morgan fingerprint density at radius 1 is 1.27 bits per heavy atom. The molecule has 0 radical (unpaired) electrons. The Labute approximate surface area is 154 Å². The second-order valence-electron chi connectivity index (χ2n) is 6.32. The van der Waals surface area contributed by atoms with Crippen LogP contribution in [-0.4, -0.2) is 30.7 Å². The Hall–Kier alpha value is -2.69. The van der Waals surface area contributed by atoms with Gasteiger partial charge in [-0.05, 0) is 46.3 Å². The topological polar surface area (TPSA) is 69.7 Å². The highest BCUT2D eigenvalue weighted by molar-refractivity contribution is 6.23. The Morgan fingerprint density at radius 2 is 1.88 bits per heavy atom. The third-order valence-electron chi connectivity index (χ3n) is 4.12. The molecule has 0 fully saturated rings. The van der Waals surface area contributed by atoms with Crippen LogP contribution in [-0.2, 0) is 23.9 Å². The van der Waals surface area contributed by atoms with E-state index in [0.29, 0.717) is 12.0 Å². The van der Waals surface area contributed by atoms with E-state index in [4.69, 9.17) is 9.47 Å². The van der Waals surface area contributed by atoms with Crippen LogP contribution in [0.1, 0.15) is 41.0 Å². The van der Waals surface area contributed by atoms with Crippen LogP contribution in [0, 0.1) is 0 Å². The zero-order valence-electron chi connectivity index (χ0n) is 16.3. The van der Waals surface area contributed by atoms with Gasteiger partial charge in [0.05, 0.1) is 7.11 Å². The first-order chi connectivity index (χ1) is 12.1. The van der Waals surface area contributed by atoms with Crippen molar-refractivity contribution in [2.45, 2.75) is 47.1 Å². The van der Waals surface area contributed by atoms with Gasteiger partial charge in [0.2, 0.25) is 5.78 Å². The van der Waals surface area contributed by atoms with Crippen molar-refractivity contribution < 1.29 is 23.9 Å². The Morgan fingerprint density at radius 3 is 2.38 bits per heavy atom. The average Bonchev–Trinajstić information content (AvgIpc) is 2.60. The minimum atomic E-state index is -0.758. The number of ether oxygens (including phenoxy) is 2. The fourth-order valence-electron chi connectivity index (χ4n) is 2.31. The lowest BCUT2D eigenvalue weighted by atomic mass is 9.88. The third-order valence-corrected chi connectivity index (χ3v) is 4.12. The maximum atomic E-state index is 12.6. The van der Waals surface area contributed by atoms with Gasteiger partial charge < -0.3 is 9.47 Å². The van der Waals surface area contributed by atoms with E-state index in [2.05, 4.69) is 6.58 Å². The number of esters is 1. The lowest BCUT2D eigenvalue weighted by Crippen LogP contribution is -2.27. The molecule has 0 amide bonds. The summed E-state index contributed by atoms with van der Waals surface area (Å²) in [5.74, 6) is -1.26. The van der Waals surface area contributed by atoms with Gasteiger partial charge in [-0.2, -0.15) is 0 Å². The van der Waals surface area contributed by atoms with E-state index in [0.717, 1.165) is 5.57 Å². The minimum absolute atomic E-state index is 0.00873. The number of hydrogen-bond donors (Lipinski definition) is 0. The van der Waals surface area contributed by atoms with Crippen molar-refractivity contribution in [1.29, 1.82) is 0 Å². The number of carbonyl (C=O) groups is 3. The molecule has 1 aliphatic rings. The first kappa shape index (κ1) is 21.4. The monoisotopic (exact) mass is 358 g/mol. The maximum absolute atomic E-state index is 12.6. The van der Waals surface area contributed by atoms with Crippen LogP contribution in [0.25, 0.3) is 0 Å². The smallest absolute Gasteiger partial charge is 0.333 e. The molecule has 0 saturated carbocycles. The van der Waals surface area contributed by atoms with E-state index in [9.17, 15) is 14.4 Å². The number of allylic oxidation sites excluding steroid dienone is 5. The lowest BCUT2D eigenvalue weighted by Gasteiger charge is -2.23. The predicted molar refractivity (Wildman–Crippen MR) is 100 cm³/mol. The zero-order chi connectivity index (χ0) is 20.0. The van der Waals surface area contributed by atoms with E-state index in [1.54, 1.807) is 19.9 Å². The SMILES string of the molecule is C=C(C1=CC(=O)C(C)=C(OC)C1=O)[C@@H](CC=C(C)C)OC(=O)/C(C)=C\C. The van der Waals surface area contributed by atoms with Gasteiger partial charge in [0, 0.05) is 23.1 Å². The number of Topliss-reactive ketones (excluding diaryl/α,β-unsaturated/α-hetero) is 1. The first-order valence-electron chi connectivity index (χ1n) is 8.36. The van der Waals surface area contributed by atoms with E-state index < -0.39 is 17.9 Å². The summed E-state index contributed by atoms with van der Waals surface area (Å²) in [6.07, 6.45) is 4.36. The Bertz CT molecular complexity index is 755. The molecule has 5 heteroatoms. The second kappa shape index (κ2) is 9.13. The predicted octanol–water partition coefficient (Wildman–Crippen LogP) is 3.78. The largest absolute Gasteiger partial charge is 0.492 e. The molecule has 0 spiro atoms. The molecular weight excluding hydrogens is 332 g/mol. The molecule has 0 aliphatic heterocycles. The average molecular weight is 358 g/mol. The van der Waals surface area contributed by atoms with Gasteiger partial charge in [-0.25, -0.2) is 4.79 Å². The second-order valence-corrected chi connectivity index (χ2v) is 6.32. The van der Waals surface area contributed by atoms with Crippen molar-refractivity contribution in [3.8, 4) is 0 Å². The summed E-state index contributed by atoms with van der Waals surface area (Å²) >= 11 is 0.